The summed E-state index contributed by atoms with van der Waals surface area (Å²) in [5.74, 6) is 1.54. The number of rotatable bonds is 5. The summed E-state index contributed by atoms with van der Waals surface area (Å²) in [4.78, 5) is 21.0. The molecule has 0 aliphatic carbocycles. The summed E-state index contributed by atoms with van der Waals surface area (Å²) in [7, 11) is 3.28. The van der Waals surface area contributed by atoms with E-state index in [-0.39, 0.29) is 18.0 Å². The van der Waals surface area contributed by atoms with Crippen LogP contribution in [0.3, 0.4) is 0 Å². The summed E-state index contributed by atoms with van der Waals surface area (Å²) >= 11 is 0. The molecule has 0 saturated carbocycles. The fraction of sp³-hybridized carbons (Fsp3) is 0.292. The van der Waals surface area contributed by atoms with Crippen LogP contribution >= 0.6 is 0 Å². The second-order valence-electron chi connectivity index (χ2n) is 7.80. The first-order valence-electron chi connectivity index (χ1n) is 10.1. The van der Waals surface area contributed by atoms with Crippen molar-refractivity contribution < 1.29 is 14.3 Å². The lowest BCUT2D eigenvalue weighted by Crippen LogP contribution is -2.42. The smallest absolute Gasteiger partial charge is 0.241 e. The standard InChI is InChI=1S/C24H25N3O3/c1-4-11-26-14-27-19(24(26)28)13-17-16-7-5-6-8-18(16)25-22(17)23(27)15-9-10-20(29-2)21(12-15)30-3/h4-10,12,19,23,25H,1,11,13-14H2,2-3H3/t19-,23-/m1/s1. The van der Waals surface area contributed by atoms with Gasteiger partial charge in [-0.25, -0.2) is 0 Å². The minimum Gasteiger partial charge on any atom is -0.493 e. The van der Waals surface area contributed by atoms with E-state index in [0.29, 0.717) is 31.1 Å². The molecule has 1 N–H and O–H groups in total. The van der Waals surface area contributed by atoms with E-state index in [1.807, 2.05) is 23.1 Å². The highest BCUT2D eigenvalue weighted by Crippen LogP contribution is 2.44. The van der Waals surface area contributed by atoms with Crippen molar-refractivity contribution in [1.82, 2.24) is 14.8 Å². The van der Waals surface area contributed by atoms with Gasteiger partial charge in [0.05, 0.1) is 33.0 Å². The van der Waals surface area contributed by atoms with Crippen molar-refractivity contribution >= 4 is 16.8 Å². The predicted molar refractivity (Wildman–Crippen MR) is 116 cm³/mol. The molecule has 1 aromatic heterocycles. The number of carbonyl (C=O) groups excluding carboxylic acids is 1. The average molecular weight is 403 g/mol. The second-order valence-corrected chi connectivity index (χ2v) is 7.80. The third-order valence-electron chi connectivity index (χ3n) is 6.25. The number of aromatic amines is 1. The van der Waals surface area contributed by atoms with E-state index in [1.165, 1.54) is 10.9 Å². The van der Waals surface area contributed by atoms with Crippen LogP contribution in [0, 0.1) is 0 Å². The normalized spacial score (nSPS) is 20.9. The van der Waals surface area contributed by atoms with Gasteiger partial charge in [0.2, 0.25) is 5.91 Å². The Morgan fingerprint density at radius 2 is 1.97 bits per heavy atom. The molecule has 1 amide bonds. The van der Waals surface area contributed by atoms with Crippen molar-refractivity contribution in [3.05, 3.63) is 71.9 Å². The molecule has 2 aromatic carbocycles. The number of ether oxygens (including phenoxy) is 2. The van der Waals surface area contributed by atoms with Crippen molar-refractivity contribution in [3.63, 3.8) is 0 Å². The van der Waals surface area contributed by atoms with Crippen LogP contribution < -0.4 is 9.47 Å². The van der Waals surface area contributed by atoms with Crippen molar-refractivity contribution in [3.8, 4) is 11.5 Å². The number of amides is 1. The molecule has 0 radical (unpaired) electrons. The Morgan fingerprint density at radius 3 is 2.73 bits per heavy atom. The van der Waals surface area contributed by atoms with E-state index in [1.54, 1.807) is 20.3 Å². The van der Waals surface area contributed by atoms with Gasteiger partial charge in [0.1, 0.15) is 0 Å². The molecule has 0 bridgehead atoms. The number of aromatic nitrogens is 1. The lowest BCUT2D eigenvalue weighted by atomic mass is 9.89. The summed E-state index contributed by atoms with van der Waals surface area (Å²) in [6.45, 7) is 4.94. The molecular weight excluding hydrogens is 378 g/mol. The summed E-state index contributed by atoms with van der Waals surface area (Å²) in [6.07, 6.45) is 2.49. The lowest BCUT2D eigenvalue weighted by molar-refractivity contribution is -0.129. The SMILES string of the molecule is C=CCN1CN2[C@H](c3ccc(OC)c(OC)c3)c3[nH]c4ccccc4c3C[C@@H]2C1=O. The van der Waals surface area contributed by atoms with E-state index < -0.39 is 0 Å². The van der Waals surface area contributed by atoms with Gasteiger partial charge >= 0.3 is 0 Å². The largest absolute Gasteiger partial charge is 0.493 e. The number of hydrogen-bond acceptors (Lipinski definition) is 4. The third-order valence-corrected chi connectivity index (χ3v) is 6.25. The van der Waals surface area contributed by atoms with Gasteiger partial charge in [0.25, 0.3) is 0 Å². The van der Waals surface area contributed by atoms with Crippen LogP contribution in [0.2, 0.25) is 0 Å². The van der Waals surface area contributed by atoms with E-state index >= 15 is 0 Å². The van der Waals surface area contributed by atoms with Crippen molar-refractivity contribution in [2.24, 2.45) is 0 Å². The number of methoxy groups -OCH3 is 2. The molecule has 3 heterocycles. The molecule has 6 heteroatoms. The number of nitrogens with zero attached hydrogens (tertiary/aromatic N) is 2. The number of benzene rings is 2. The van der Waals surface area contributed by atoms with Crippen molar-refractivity contribution in [1.29, 1.82) is 0 Å². The molecule has 30 heavy (non-hydrogen) atoms. The molecule has 3 aromatic rings. The number of carbonyl (C=O) groups is 1. The van der Waals surface area contributed by atoms with Crippen LogP contribution in [0.15, 0.2) is 55.1 Å². The Bertz CT molecular complexity index is 1140. The van der Waals surface area contributed by atoms with E-state index in [9.17, 15) is 4.79 Å². The molecule has 6 nitrogen and oxygen atoms in total. The predicted octanol–water partition coefficient (Wildman–Crippen LogP) is 3.49. The van der Waals surface area contributed by atoms with Gasteiger partial charge in [-0.1, -0.05) is 30.3 Å². The summed E-state index contributed by atoms with van der Waals surface area (Å²) in [5.41, 5.74) is 4.54. The molecule has 2 atom stereocenters. The second kappa shape index (κ2) is 7.22. The van der Waals surface area contributed by atoms with Crippen LogP contribution in [-0.2, 0) is 11.2 Å². The number of nitrogens with one attached hydrogen (secondary N) is 1. The molecule has 0 spiro atoms. The average Bonchev–Trinajstić information content (AvgIpc) is 3.29. The van der Waals surface area contributed by atoms with Gasteiger partial charge in [0.15, 0.2) is 11.5 Å². The summed E-state index contributed by atoms with van der Waals surface area (Å²) < 4.78 is 11.0. The molecule has 1 fully saturated rings. The summed E-state index contributed by atoms with van der Waals surface area (Å²) in [6, 6.07) is 14.1. The van der Waals surface area contributed by atoms with E-state index in [4.69, 9.17) is 9.47 Å². The fourth-order valence-electron chi connectivity index (χ4n) is 4.90. The Labute approximate surface area is 175 Å². The fourth-order valence-corrected chi connectivity index (χ4v) is 4.90. The highest BCUT2D eigenvalue weighted by molar-refractivity contribution is 5.89. The zero-order valence-corrected chi connectivity index (χ0v) is 17.2. The van der Waals surface area contributed by atoms with Crippen LogP contribution in [0.25, 0.3) is 10.9 Å². The van der Waals surface area contributed by atoms with Crippen molar-refractivity contribution in [2.75, 3.05) is 27.4 Å². The van der Waals surface area contributed by atoms with Crippen LogP contribution in [0.1, 0.15) is 22.9 Å². The number of H-pyrrole nitrogens is 1. The van der Waals surface area contributed by atoms with E-state index in [0.717, 1.165) is 16.8 Å². The van der Waals surface area contributed by atoms with Crippen molar-refractivity contribution in [2.45, 2.75) is 18.5 Å². The molecule has 2 aliphatic rings. The Morgan fingerprint density at radius 1 is 1.17 bits per heavy atom. The molecule has 2 aliphatic heterocycles. The number of fused-ring (bicyclic) bond motifs is 4. The van der Waals surface area contributed by atoms with Crippen LogP contribution in [0.5, 0.6) is 11.5 Å². The Kier molecular flexibility index (Phi) is 4.51. The first-order chi connectivity index (χ1) is 14.7. The quantitative estimate of drug-likeness (QED) is 0.663. The minimum absolute atomic E-state index is 0.0790. The zero-order chi connectivity index (χ0) is 20.8. The lowest BCUT2D eigenvalue weighted by Gasteiger charge is -2.36. The first-order valence-corrected chi connectivity index (χ1v) is 10.1. The zero-order valence-electron chi connectivity index (χ0n) is 17.2. The maximum atomic E-state index is 13.2. The molecule has 5 rings (SSSR count). The topological polar surface area (TPSA) is 57.8 Å². The van der Waals surface area contributed by atoms with Crippen LogP contribution in [-0.4, -0.2) is 54.2 Å². The van der Waals surface area contributed by atoms with Gasteiger partial charge in [-0.2, -0.15) is 0 Å². The maximum Gasteiger partial charge on any atom is 0.241 e. The Hall–Kier alpha value is -3.25. The van der Waals surface area contributed by atoms with Gasteiger partial charge in [-0.15, -0.1) is 6.58 Å². The third kappa shape index (κ3) is 2.71. The highest BCUT2D eigenvalue weighted by Gasteiger charge is 2.47. The van der Waals surface area contributed by atoms with Gasteiger partial charge in [0, 0.05) is 23.1 Å². The molecule has 0 unspecified atom stereocenters. The first kappa shape index (κ1) is 18.8. The van der Waals surface area contributed by atoms with Gasteiger partial charge in [-0.3, -0.25) is 9.69 Å². The highest BCUT2D eigenvalue weighted by atomic mass is 16.5. The van der Waals surface area contributed by atoms with Crippen LogP contribution in [0.4, 0.5) is 0 Å². The molecular formula is C24H25N3O3. The molecule has 154 valence electrons. The molecule has 1 saturated heterocycles. The number of hydrogen-bond donors (Lipinski definition) is 1. The maximum absolute atomic E-state index is 13.2. The monoisotopic (exact) mass is 403 g/mol. The Balaban J connectivity index is 1.69. The minimum atomic E-state index is -0.185. The van der Waals surface area contributed by atoms with Gasteiger partial charge in [-0.05, 0) is 35.7 Å². The van der Waals surface area contributed by atoms with E-state index in [2.05, 4.69) is 40.7 Å². The van der Waals surface area contributed by atoms with Gasteiger partial charge < -0.3 is 19.4 Å². The summed E-state index contributed by atoms with van der Waals surface area (Å²) in [5, 5.41) is 1.19. The number of para-hydroxylation sites is 1.